The van der Waals surface area contributed by atoms with Crippen LogP contribution in [0.1, 0.15) is 49.7 Å². The van der Waals surface area contributed by atoms with Crippen molar-refractivity contribution in [2.45, 2.75) is 51.0 Å². The number of carbonyl (C=O) groups is 1. The highest BCUT2D eigenvalue weighted by Gasteiger charge is 2.51. The Morgan fingerprint density at radius 3 is 2.38 bits per heavy atom. The molecule has 128 valence electrons. The zero-order chi connectivity index (χ0) is 16.7. The van der Waals surface area contributed by atoms with Crippen LogP contribution >= 0.6 is 0 Å². The molecule has 0 heterocycles. The van der Waals surface area contributed by atoms with Gasteiger partial charge in [-0.15, -0.1) is 0 Å². The molecule has 0 aliphatic heterocycles. The van der Waals surface area contributed by atoms with Crippen molar-refractivity contribution in [2.24, 2.45) is 17.8 Å². The summed E-state index contributed by atoms with van der Waals surface area (Å²) in [5.74, 6) is 3.38. The topological polar surface area (TPSA) is 38.3 Å². The molecule has 4 aliphatic rings. The van der Waals surface area contributed by atoms with E-state index in [9.17, 15) is 4.79 Å². The molecule has 3 nitrogen and oxygen atoms in total. The van der Waals surface area contributed by atoms with Crippen LogP contribution in [0.2, 0.25) is 0 Å². The van der Waals surface area contributed by atoms with Gasteiger partial charge in [0.05, 0.1) is 7.11 Å². The molecule has 5 rings (SSSR count). The van der Waals surface area contributed by atoms with Gasteiger partial charge in [0.25, 0.3) is 0 Å². The number of nitrogens with one attached hydrogen (secondary N) is 1. The molecule has 1 amide bonds. The third-order valence-electron chi connectivity index (χ3n) is 6.23. The predicted molar refractivity (Wildman–Crippen MR) is 95.8 cm³/mol. The second kappa shape index (κ2) is 5.94. The van der Waals surface area contributed by atoms with Gasteiger partial charge in [-0.3, -0.25) is 4.79 Å². The molecular formula is C21H27NO2. The highest BCUT2D eigenvalue weighted by atomic mass is 16.5. The smallest absolute Gasteiger partial charge is 0.244 e. The quantitative estimate of drug-likeness (QED) is 0.846. The van der Waals surface area contributed by atoms with Gasteiger partial charge in [0, 0.05) is 17.2 Å². The Balaban J connectivity index is 1.46. The van der Waals surface area contributed by atoms with Crippen molar-refractivity contribution < 1.29 is 9.53 Å². The van der Waals surface area contributed by atoms with Crippen LogP contribution in [-0.2, 0) is 4.79 Å². The van der Waals surface area contributed by atoms with E-state index in [0.29, 0.717) is 0 Å². The molecule has 24 heavy (non-hydrogen) atoms. The van der Waals surface area contributed by atoms with Crippen LogP contribution in [0.25, 0.3) is 6.08 Å². The van der Waals surface area contributed by atoms with E-state index >= 15 is 0 Å². The summed E-state index contributed by atoms with van der Waals surface area (Å²) in [6.07, 6.45) is 11.3. The Bertz CT molecular complexity index is 641. The van der Waals surface area contributed by atoms with E-state index in [0.717, 1.165) is 34.6 Å². The monoisotopic (exact) mass is 325 g/mol. The first-order valence-electron chi connectivity index (χ1n) is 9.20. The highest BCUT2D eigenvalue weighted by molar-refractivity contribution is 5.92. The lowest BCUT2D eigenvalue weighted by Gasteiger charge is -2.56. The van der Waals surface area contributed by atoms with Crippen molar-refractivity contribution in [3.8, 4) is 5.75 Å². The molecule has 0 saturated heterocycles. The van der Waals surface area contributed by atoms with Crippen LogP contribution in [0.5, 0.6) is 5.75 Å². The third kappa shape index (κ3) is 2.97. The number of carbonyl (C=O) groups excluding carboxylic acids is 1. The molecule has 4 bridgehead atoms. The molecule has 0 unspecified atom stereocenters. The first-order valence-corrected chi connectivity index (χ1v) is 9.20. The Hall–Kier alpha value is -1.77. The number of hydrogen-bond donors (Lipinski definition) is 1. The van der Waals surface area contributed by atoms with Gasteiger partial charge >= 0.3 is 0 Å². The molecule has 4 aliphatic carbocycles. The van der Waals surface area contributed by atoms with Crippen molar-refractivity contribution in [3.05, 3.63) is 35.4 Å². The summed E-state index contributed by atoms with van der Waals surface area (Å²) in [7, 11) is 1.66. The third-order valence-corrected chi connectivity index (χ3v) is 6.23. The number of rotatable bonds is 4. The summed E-state index contributed by atoms with van der Waals surface area (Å²) in [5, 5.41) is 3.38. The summed E-state index contributed by atoms with van der Waals surface area (Å²) in [6.45, 7) is 2.05. The van der Waals surface area contributed by atoms with Gasteiger partial charge < -0.3 is 10.1 Å². The van der Waals surface area contributed by atoms with Crippen LogP contribution in [0, 0.1) is 24.7 Å². The maximum absolute atomic E-state index is 12.5. The van der Waals surface area contributed by atoms with Crippen molar-refractivity contribution in [1.82, 2.24) is 5.32 Å². The highest BCUT2D eigenvalue weighted by Crippen LogP contribution is 2.55. The molecule has 3 heteroatoms. The number of amides is 1. The maximum Gasteiger partial charge on any atom is 0.244 e. The molecule has 0 spiro atoms. The summed E-state index contributed by atoms with van der Waals surface area (Å²) in [5.41, 5.74) is 2.20. The summed E-state index contributed by atoms with van der Waals surface area (Å²) < 4.78 is 5.38. The van der Waals surface area contributed by atoms with Gasteiger partial charge in [0.1, 0.15) is 5.75 Å². The minimum absolute atomic E-state index is 0.0421. The molecule has 1 N–H and O–H groups in total. The fourth-order valence-corrected chi connectivity index (χ4v) is 5.72. The van der Waals surface area contributed by atoms with Crippen LogP contribution in [-0.4, -0.2) is 18.6 Å². The Morgan fingerprint density at radius 1 is 1.17 bits per heavy atom. The van der Waals surface area contributed by atoms with E-state index < -0.39 is 0 Å². The van der Waals surface area contributed by atoms with Crippen LogP contribution < -0.4 is 10.1 Å². The summed E-state index contributed by atoms with van der Waals surface area (Å²) >= 11 is 0. The molecule has 1 aromatic carbocycles. The predicted octanol–water partition coefficient (Wildman–Crippen LogP) is 4.10. The average molecular weight is 325 g/mol. The lowest BCUT2D eigenvalue weighted by molar-refractivity contribution is -0.122. The van der Waals surface area contributed by atoms with Crippen molar-refractivity contribution in [3.63, 3.8) is 0 Å². The van der Waals surface area contributed by atoms with Gasteiger partial charge in [0.2, 0.25) is 5.91 Å². The normalized spacial score (nSPS) is 33.8. The van der Waals surface area contributed by atoms with E-state index in [-0.39, 0.29) is 11.4 Å². The maximum atomic E-state index is 12.5. The molecule has 4 fully saturated rings. The lowest BCUT2D eigenvalue weighted by Crippen LogP contribution is -2.59. The fraction of sp³-hybridized carbons (Fsp3) is 0.571. The molecule has 4 saturated carbocycles. The molecule has 0 atom stereocenters. The minimum Gasteiger partial charge on any atom is -0.496 e. The fourth-order valence-electron chi connectivity index (χ4n) is 5.72. The zero-order valence-electron chi connectivity index (χ0n) is 14.7. The Labute approximate surface area is 144 Å². The number of ether oxygens (including phenoxy) is 1. The summed E-state index contributed by atoms with van der Waals surface area (Å²) in [4.78, 5) is 12.5. The first-order chi connectivity index (χ1) is 11.5. The van der Waals surface area contributed by atoms with Gasteiger partial charge in [-0.05, 0) is 81.4 Å². The van der Waals surface area contributed by atoms with E-state index in [2.05, 4.69) is 5.32 Å². The van der Waals surface area contributed by atoms with Crippen molar-refractivity contribution in [2.75, 3.05) is 7.11 Å². The lowest BCUT2D eigenvalue weighted by atomic mass is 9.53. The van der Waals surface area contributed by atoms with E-state index in [4.69, 9.17) is 4.74 Å². The second-order valence-corrected chi connectivity index (χ2v) is 8.27. The number of benzene rings is 1. The number of aryl methyl sites for hydroxylation is 1. The van der Waals surface area contributed by atoms with Gasteiger partial charge in [0.15, 0.2) is 0 Å². The van der Waals surface area contributed by atoms with E-state index in [1.165, 1.54) is 38.5 Å². The van der Waals surface area contributed by atoms with E-state index in [1.807, 2.05) is 31.2 Å². The van der Waals surface area contributed by atoms with Gasteiger partial charge in [-0.2, -0.15) is 0 Å². The number of methoxy groups -OCH3 is 1. The molecule has 1 aromatic rings. The van der Waals surface area contributed by atoms with Crippen LogP contribution in [0.3, 0.4) is 0 Å². The van der Waals surface area contributed by atoms with Crippen molar-refractivity contribution >= 4 is 12.0 Å². The van der Waals surface area contributed by atoms with Crippen molar-refractivity contribution in [1.29, 1.82) is 0 Å². The zero-order valence-corrected chi connectivity index (χ0v) is 14.7. The van der Waals surface area contributed by atoms with Crippen LogP contribution in [0.15, 0.2) is 24.3 Å². The van der Waals surface area contributed by atoms with Crippen LogP contribution in [0.4, 0.5) is 0 Å². The molecule has 0 aromatic heterocycles. The minimum atomic E-state index is 0.0421. The van der Waals surface area contributed by atoms with Gasteiger partial charge in [-0.1, -0.05) is 11.6 Å². The summed E-state index contributed by atoms with van der Waals surface area (Å²) in [6, 6.07) is 6.02. The Morgan fingerprint density at radius 2 is 1.79 bits per heavy atom. The molecular weight excluding hydrogens is 298 g/mol. The first kappa shape index (κ1) is 15.7. The second-order valence-electron chi connectivity index (χ2n) is 8.27. The molecule has 0 radical (unpaired) electrons. The Kier molecular flexibility index (Phi) is 3.90. The van der Waals surface area contributed by atoms with Gasteiger partial charge in [-0.25, -0.2) is 0 Å². The largest absolute Gasteiger partial charge is 0.496 e. The SMILES string of the molecule is COc1ccc(C)cc1/C=C/C(=O)NC12CC3CC(CC(C3)C1)C2. The van der Waals surface area contributed by atoms with E-state index in [1.54, 1.807) is 13.2 Å². The standard InChI is InChI=1S/C21H27NO2/c1-14-3-5-19(24-2)18(7-14)4-6-20(23)22-21-11-15-8-16(12-21)10-17(9-15)13-21/h3-7,15-17H,8-13H2,1-2H3,(H,22,23)/b6-4+. The average Bonchev–Trinajstić information content (AvgIpc) is 2.51. The number of hydrogen-bond acceptors (Lipinski definition) is 2.